The summed E-state index contributed by atoms with van der Waals surface area (Å²) in [7, 11) is 0. The van der Waals surface area contributed by atoms with Crippen molar-refractivity contribution >= 4 is 39.3 Å². The minimum Gasteiger partial charge on any atom is -0.480 e. The molecule has 0 heterocycles. The van der Waals surface area contributed by atoms with Gasteiger partial charge in [-0.25, -0.2) is 9.18 Å². The Kier molecular flexibility index (Phi) is 7.06. The molecule has 178 valence electrons. The Morgan fingerprint density at radius 1 is 0.800 bits per heavy atom. The van der Waals surface area contributed by atoms with E-state index in [0.717, 1.165) is 27.1 Å². The van der Waals surface area contributed by atoms with Gasteiger partial charge in [0.1, 0.15) is 17.9 Å². The van der Waals surface area contributed by atoms with Crippen LogP contribution in [0.3, 0.4) is 0 Å². The standard InChI is InChI=1S/C28H25FN2O4/c1-17(32)30-25(15-20-10-4-7-13-24(20)29)27(33)31-26(28(34)35)16-23-21-11-5-2-8-18(21)14-19-9-3-6-12-22(19)23/h2-14,25-26H,15-16H2,1H3,(H,30,32)(H,31,33)(H,34,35)/t25-,26-/m1/s1. The molecular weight excluding hydrogens is 447 g/mol. The van der Waals surface area contributed by atoms with Crippen molar-refractivity contribution in [3.63, 3.8) is 0 Å². The highest BCUT2D eigenvalue weighted by Crippen LogP contribution is 2.29. The van der Waals surface area contributed by atoms with E-state index in [4.69, 9.17) is 0 Å². The molecule has 7 heteroatoms. The van der Waals surface area contributed by atoms with Gasteiger partial charge < -0.3 is 15.7 Å². The number of benzene rings is 4. The van der Waals surface area contributed by atoms with Crippen molar-refractivity contribution in [1.82, 2.24) is 10.6 Å². The van der Waals surface area contributed by atoms with Crippen molar-refractivity contribution in [1.29, 1.82) is 0 Å². The monoisotopic (exact) mass is 472 g/mol. The normalized spacial score (nSPS) is 12.7. The second-order valence-corrected chi connectivity index (χ2v) is 8.45. The maximum atomic E-state index is 14.2. The Balaban J connectivity index is 1.65. The van der Waals surface area contributed by atoms with Crippen molar-refractivity contribution in [2.45, 2.75) is 31.8 Å². The number of carboxylic acids is 1. The second-order valence-electron chi connectivity index (χ2n) is 8.45. The van der Waals surface area contributed by atoms with Crippen LogP contribution in [0.15, 0.2) is 78.9 Å². The van der Waals surface area contributed by atoms with Crippen LogP contribution in [0, 0.1) is 5.82 Å². The molecule has 0 aliphatic heterocycles. The van der Waals surface area contributed by atoms with E-state index in [1.165, 1.54) is 25.1 Å². The van der Waals surface area contributed by atoms with Crippen molar-refractivity contribution in [2.24, 2.45) is 0 Å². The molecule has 35 heavy (non-hydrogen) atoms. The van der Waals surface area contributed by atoms with Gasteiger partial charge in [-0.15, -0.1) is 0 Å². The number of aliphatic carboxylic acids is 1. The maximum absolute atomic E-state index is 14.2. The lowest BCUT2D eigenvalue weighted by Crippen LogP contribution is -2.52. The molecule has 0 fully saturated rings. The third kappa shape index (κ3) is 5.46. The zero-order valence-corrected chi connectivity index (χ0v) is 19.1. The number of hydrogen-bond acceptors (Lipinski definition) is 3. The molecule has 3 N–H and O–H groups in total. The predicted octanol–water partition coefficient (Wildman–Crippen LogP) is 3.99. The molecule has 0 unspecified atom stereocenters. The molecule has 6 nitrogen and oxygen atoms in total. The third-order valence-electron chi connectivity index (χ3n) is 5.98. The highest BCUT2D eigenvalue weighted by molar-refractivity contribution is 6.03. The third-order valence-corrected chi connectivity index (χ3v) is 5.98. The molecule has 4 aromatic carbocycles. The first-order valence-electron chi connectivity index (χ1n) is 11.3. The van der Waals surface area contributed by atoms with E-state index < -0.39 is 35.7 Å². The minimum absolute atomic E-state index is 0.0371. The highest BCUT2D eigenvalue weighted by Gasteiger charge is 2.28. The maximum Gasteiger partial charge on any atom is 0.326 e. The van der Waals surface area contributed by atoms with Crippen molar-refractivity contribution < 1.29 is 23.9 Å². The Labute approximate surface area is 201 Å². The molecule has 0 aromatic heterocycles. The van der Waals surface area contributed by atoms with Gasteiger partial charge in [-0.05, 0) is 44.8 Å². The van der Waals surface area contributed by atoms with Crippen LogP contribution in [0.2, 0.25) is 0 Å². The fraction of sp³-hybridized carbons (Fsp3) is 0.179. The van der Waals surface area contributed by atoms with Crippen LogP contribution in [0.25, 0.3) is 21.5 Å². The molecule has 0 spiro atoms. The van der Waals surface area contributed by atoms with Crippen LogP contribution < -0.4 is 10.6 Å². The van der Waals surface area contributed by atoms with Gasteiger partial charge in [-0.3, -0.25) is 9.59 Å². The Morgan fingerprint density at radius 2 is 1.37 bits per heavy atom. The molecule has 4 rings (SSSR count). The van der Waals surface area contributed by atoms with Gasteiger partial charge in [0.2, 0.25) is 11.8 Å². The van der Waals surface area contributed by atoms with E-state index in [1.807, 2.05) is 54.6 Å². The van der Waals surface area contributed by atoms with Crippen molar-refractivity contribution in [3.05, 3.63) is 95.8 Å². The summed E-state index contributed by atoms with van der Waals surface area (Å²) in [6.07, 6.45) is -0.0724. The molecular formula is C28H25FN2O4. The SMILES string of the molecule is CC(=O)N[C@H](Cc1ccccc1F)C(=O)N[C@H](Cc1c2ccccc2cc2ccccc12)C(=O)O. The lowest BCUT2D eigenvalue weighted by molar-refractivity contribution is -0.142. The number of hydrogen-bond donors (Lipinski definition) is 3. The van der Waals surface area contributed by atoms with E-state index in [2.05, 4.69) is 10.6 Å². The molecule has 0 saturated carbocycles. The predicted molar refractivity (Wildman–Crippen MR) is 132 cm³/mol. The van der Waals surface area contributed by atoms with Crippen LogP contribution in [-0.4, -0.2) is 35.0 Å². The molecule has 2 atom stereocenters. The quantitative estimate of drug-likeness (QED) is 0.338. The number of carbonyl (C=O) groups excluding carboxylic acids is 2. The first-order chi connectivity index (χ1) is 16.8. The number of rotatable bonds is 8. The van der Waals surface area contributed by atoms with Crippen LogP contribution in [0.5, 0.6) is 0 Å². The van der Waals surface area contributed by atoms with Crippen LogP contribution in [0.4, 0.5) is 4.39 Å². The number of amides is 2. The largest absolute Gasteiger partial charge is 0.480 e. The summed E-state index contributed by atoms with van der Waals surface area (Å²) in [4.78, 5) is 37.1. The molecule has 0 aliphatic rings. The van der Waals surface area contributed by atoms with Crippen LogP contribution in [-0.2, 0) is 27.2 Å². The van der Waals surface area contributed by atoms with Crippen LogP contribution in [0.1, 0.15) is 18.1 Å². The van der Waals surface area contributed by atoms with E-state index in [0.29, 0.717) is 0 Å². The van der Waals surface area contributed by atoms with E-state index >= 15 is 0 Å². The van der Waals surface area contributed by atoms with Crippen molar-refractivity contribution in [3.8, 4) is 0 Å². The number of fused-ring (bicyclic) bond motifs is 2. The van der Waals surface area contributed by atoms with Gasteiger partial charge in [0.25, 0.3) is 0 Å². The average molecular weight is 473 g/mol. The molecule has 0 aliphatic carbocycles. The van der Waals surface area contributed by atoms with Crippen molar-refractivity contribution in [2.75, 3.05) is 0 Å². The number of halogens is 1. The molecule has 0 bridgehead atoms. The first-order valence-corrected chi connectivity index (χ1v) is 11.3. The Morgan fingerprint density at radius 3 is 1.94 bits per heavy atom. The highest BCUT2D eigenvalue weighted by atomic mass is 19.1. The molecule has 0 radical (unpaired) electrons. The zero-order chi connectivity index (χ0) is 24.9. The smallest absolute Gasteiger partial charge is 0.326 e. The Bertz CT molecular complexity index is 1360. The second kappa shape index (κ2) is 10.3. The van der Waals surface area contributed by atoms with E-state index in [1.54, 1.807) is 6.07 Å². The molecule has 2 amide bonds. The molecule has 0 saturated heterocycles. The average Bonchev–Trinajstić information content (AvgIpc) is 2.83. The van der Waals surface area contributed by atoms with Crippen LogP contribution >= 0.6 is 0 Å². The topological polar surface area (TPSA) is 95.5 Å². The summed E-state index contributed by atoms with van der Waals surface area (Å²) < 4.78 is 14.2. The summed E-state index contributed by atoms with van der Waals surface area (Å²) in [5, 5.41) is 18.8. The number of nitrogens with one attached hydrogen (secondary N) is 2. The Hall–Kier alpha value is -4.26. The minimum atomic E-state index is -1.26. The summed E-state index contributed by atoms with van der Waals surface area (Å²) in [5.74, 6) is -2.88. The van der Waals surface area contributed by atoms with Gasteiger partial charge in [-0.1, -0.05) is 66.7 Å². The van der Waals surface area contributed by atoms with Gasteiger partial charge >= 0.3 is 5.97 Å². The number of carbonyl (C=O) groups is 3. The lowest BCUT2D eigenvalue weighted by atomic mass is 9.92. The summed E-state index contributed by atoms with van der Waals surface area (Å²) in [6, 6.07) is 21.0. The summed E-state index contributed by atoms with van der Waals surface area (Å²) in [5.41, 5.74) is 1.05. The lowest BCUT2D eigenvalue weighted by Gasteiger charge is -2.22. The van der Waals surface area contributed by atoms with E-state index in [-0.39, 0.29) is 18.4 Å². The summed E-state index contributed by atoms with van der Waals surface area (Å²) in [6.45, 7) is 1.25. The molecule has 4 aromatic rings. The van der Waals surface area contributed by atoms with Gasteiger partial charge in [0.05, 0.1) is 0 Å². The number of carboxylic acid groups (broad SMARTS) is 1. The summed E-state index contributed by atoms with van der Waals surface area (Å²) >= 11 is 0. The van der Waals surface area contributed by atoms with Gasteiger partial charge in [-0.2, -0.15) is 0 Å². The fourth-order valence-corrected chi connectivity index (χ4v) is 4.34. The first kappa shape index (κ1) is 23.9. The van der Waals surface area contributed by atoms with Gasteiger partial charge in [0.15, 0.2) is 0 Å². The zero-order valence-electron chi connectivity index (χ0n) is 19.1. The van der Waals surface area contributed by atoms with E-state index in [9.17, 15) is 23.9 Å². The van der Waals surface area contributed by atoms with Gasteiger partial charge in [0, 0.05) is 19.8 Å². The fourth-order valence-electron chi connectivity index (χ4n) is 4.34.